The van der Waals surface area contributed by atoms with E-state index in [0.29, 0.717) is 25.1 Å². The first-order valence-corrected chi connectivity index (χ1v) is 6.87. The van der Waals surface area contributed by atoms with Gasteiger partial charge in [0.25, 0.3) is 5.91 Å². The van der Waals surface area contributed by atoms with E-state index in [1.807, 2.05) is 4.90 Å². The van der Waals surface area contributed by atoms with Gasteiger partial charge in [0.1, 0.15) is 0 Å². The number of likely N-dealkylation sites (tertiary alicyclic amines) is 1. The number of piperidine rings is 1. The fourth-order valence-electron chi connectivity index (χ4n) is 2.24. The van der Waals surface area contributed by atoms with E-state index in [9.17, 15) is 9.59 Å². The highest BCUT2D eigenvalue weighted by Gasteiger charge is 2.15. The van der Waals surface area contributed by atoms with E-state index in [2.05, 4.69) is 5.32 Å². The molecule has 0 bridgehead atoms. The summed E-state index contributed by atoms with van der Waals surface area (Å²) in [6.07, 6.45) is 6.08. The van der Waals surface area contributed by atoms with Crippen molar-refractivity contribution in [1.82, 2.24) is 10.2 Å². The Morgan fingerprint density at radius 1 is 1.26 bits per heavy atom. The lowest BCUT2D eigenvalue weighted by Crippen LogP contribution is -2.36. The molecule has 1 aliphatic heterocycles. The number of carbonyl (C=O) groups is 2. The summed E-state index contributed by atoms with van der Waals surface area (Å²) in [7, 11) is 0. The third-order valence-electron chi connectivity index (χ3n) is 3.31. The predicted octanol–water partition coefficient (Wildman–Crippen LogP) is 1.80. The van der Waals surface area contributed by atoms with Gasteiger partial charge < -0.3 is 14.6 Å². The van der Waals surface area contributed by atoms with Crippen LogP contribution in [0.4, 0.5) is 0 Å². The third-order valence-corrected chi connectivity index (χ3v) is 3.31. The average molecular weight is 264 g/mol. The molecule has 2 heterocycles. The highest BCUT2D eigenvalue weighted by Crippen LogP contribution is 2.10. The van der Waals surface area contributed by atoms with Gasteiger partial charge in [0, 0.05) is 26.1 Å². The molecular formula is C14H20N2O3. The first kappa shape index (κ1) is 13.6. The fourth-order valence-corrected chi connectivity index (χ4v) is 2.24. The summed E-state index contributed by atoms with van der Waals surface area (Å²) in [4.78, 5) is 25.3. The molecule has 1 aromatic heterocycles. The quantitative estimate of drug-likeness (QED) is 0.825. The summed E-state index contributed by atoms with van der Waals surface area (Å²) in [5, 5.41) is 2.74. The summed E-state index contributed by atoms with van der Waals surface area (Å²) >= 11 is 0. The number of hydrogen-bond donors (Lipinski definition) is 1. The Balaban J connectivity index is 1.61. The first-order chi connectivity index (χ1) is 9.27. The Morgan fingerprint density at radius 2 is 2.05 bits per heavy atom. The zero-order chi connectivity index (χ0) is 13.5. The average Bonchev–Trinajstić information content (AvgIpc) is 2.98. The number of carbonyl (C=O) groups excluding carboxylic acids is 2. The molecule has 5 nitrogen and oxygen atoms in total. The maximum Gasteiger partial charge on any atom is 0.286 e. The minimum Gasteiger partial charge on any atom is -0.459 e. The number of hydrogen-bond acceptors (Lipinski definition) is 3. The molecular weight excluding hydrogens is 244 g/mol. The molecule has 0 spiro atoms. The second kappa shape index (κ2) is 6.97. The second-order valence-electron chi connectivity index (χ2n) is 4.78. The molecule has 0 saturated carbocycles. The highest BCUT2D eigenvalue weighted by atomic mass is 16.3. The topological polar surface area (TPSA) is 62.6 Å². The molecule has 1 N–H and O–H groups in total. The van der Waals surface area contributed by atoms with Crippen LogP contribution in [0.2, 0.25) is 0 Å². The summed E-state index contributed by atoms with van der Waals surface area (Å²) < 4.78 is 4.98. The molecule has 1 aliphatic rings. The van der Waals surface area contributed by atoms with Crippen molar-refractivity contribution in [1.29, 1.82) is 0 Å². The zero-order valence-electron chi connectivity index (χ0n) is 11.1. The minimum absolute atomic E-state index is 0.201. The lowest BCUT2D eigenvalue weighted by Gasteiger charge is -2.26. The predicted molar refractivity (Wildman–Crippen MR) is 70.7 cm³/mol. The SMILES string of the molecule is O=C(NCCCC(=O)N1CCCCC1)c1ccco1. The van der Waals surface area contributed by atoms with Gasteiger partial charge in [-0.3, -0.25) is 9.59 Å². The molecule has 1 fully saturated rings. The summed E-state index contributed by atoms with van der Waals surface area (Å²) in [6.45, 7) is 2.27. The normalized spacial score (nSPS) is 15.3. The van der Waals surface area contributed by atoms with Crippen LogP contribution in [0.25, 0.3) is 0 Å². The van der Waals surface area contributed by atoms with E-state index >= 15 is 0 Å². The van der Waals surface area contributed by atoms with Crippen LogP contribution in [-0.2, 0) is 4.79 Å². The molecule has 0 atom stereocenters. The molecule has 2 rings (SSSR count). The molecule has 0 aliphatic carbocycles. The number of nitrogens with zero attached hydrogens (tertiary/aromatic N) is 1. The molecule has 0 unspecified atom stereocenters. The summed E-state index contributed by atoms with van der Waals surface area (Å²) in [6, 6.07) is 3.29. The molecule has 2 amide bonds. The van der Waals surface area contributed by atoms with Crippen molar-refractivity contribution in [3.8, 4) is 0 Å². The van der Waals surface area contributed by atoms with Crippen molar-refractivity contribution in [2.45, 2.75) is 32.1 Å². The van der Waals surface area contributed by atoms with E-state index in [1.54, 1.807) is 12.1 Å². The van der Waals surface area contributed by atoms with Gasteiger partial charge in [-0.15, -0.1) is 0 Å². The van der Waals surface area contributed by atoms with Gasteiger partial charge >= 0.3 is 0 Å². The van der Waals surface area contributed by atoms with Gasteiger partial charge in [0.2, 0.25) is 5.91 Å². The third kappa shape index (κ3) is 4.12. The van der Waals surface area contributed by atoms with Crippen LogP contribution in [-0.4, -0.2) is 36.3 Å². The van der Waals surface area contributed by atoms with Gasteiger partial charge in [-0.05, 0) is 37.8 Å². The molecule has 1 saturated heterocycles. The number of amides is 2. The number of rotatable bonds is 5. The van der Waals surface area contributed by atoms with Crippen molar-refractivity contribution < 1.29 is 14.0 Å². The molecule has 5 heteroatoms. The second-order valence-corrected chi connectivity index (χ2v) is 4.78. The van der Waals surface area contributed by atoms with E-state index < -0.39 is 0 Å². The van der Waals surface area contributed by atoms with Gasteiger partial charge in [0.05, 0.1) is 6.26 Å². The van der Waals surface area contributed by atoms with Crippen LogP contribution in [0.15, 0.2) is 22.8 Å². The fraction of sp³-hybridized carbons (Fsp3) is 0.571. The Bertz CT molecular complexity index is 408. The van der Waals surface area contributed by atoms with Crippen LogP contribution in [0.1, 0.15) is 42.7 Å². The van der Waals surface area contributed by atoms with Crippen LogP contribution in [0.5, 0.6) is 0 Å². The van der Waals surface area contributed by atoms with Crippen molar-refractivity contribution in [2.24, 2.45) is 0 Å². The van der Waals surface area contributed by atoms with Crippen molar-refractivity contribution in [3.63, 3.8) is 0 Å². The monoisotopic (exact) mass is 264 g/mol. The minimum atomic E-state index is -0.226. The lowest BCUT2D eigenvalue weighted by molar-refractivity contribution is -0.132. The van der Waals surface area contributed by atoms with E-state index in [1.165, 1.54) is 12.7 Å². The van der Waals surface area contributed by atoms with Gasteiger partial charge in [0.15, 0.2) is 5.76 Å². The molecule has 104 valence electrons. The molecule has 19 heavy (non-hydrogen) atoms. The van der Waals surface area contributed by atoms with E-state index in [0.717, 1.165) is 25.9 Å². The first-order valence-electron chi connectivity index (χ1n) is 6.87. The zero-order valence-corrected chi connectivity index (χ0v) is 11.1. The Morgan fingerprint density at radius 3 is 2.74 bits per heavy atom. The van der Waals surface area contributed by atoms with Crippen molar-refractivity contribution in [2.75, 3.05) is 19.6 Å². The highest BCUT2D eigenvalue weighted by molar-refractivity contribution is 5.91. The largest absolute Gasteiger partial charge is 0.459 e. The smallest absolute Gasteiger partial charge is 0.286 e. The van der Waals surface area contributed by atoms with E-state index in [4.69, 9.17) is 4.42 Å². The maximum atomic E-state index is 11.9. The summed E-state index contributed by atoms with van der Waals surface area (Å²) in [5.74, 6) is 0.282. The van der Waals surface area contributed by atoms with Crippen LogP contribution in [0.3, 0.4) is 0 Å². The number of nitrogens with one attached hydrogen (secondary N) is 1. The van der Waals surface area contributed by atoms with Crippen LogP contribution in [0, 0.1) is 0 Å². The Labute approximate surface area is 113 Å². The number of furan rings is 1. The van der Waals surface area contributed by atoms with E-state index in [-0.39, 0.29) is 11.8 Å². The van der Waals surface area contributed by atoms with Crippen molar-refractivity contribution in [3.05, 3.63) is 24.2 Å². The van der Waals surface area contributed by atoms with Gasteiger partial charge in [-0.2, -0.15) is 0 Å². The standard InChI is InChI=1S/C14H20N2O3/c17-13(16-9-2-1-3-10-16)7-4-8-15-14(18)12-6-5-11-19-12/h5-6,11H,1-4,7-10H2,(H,15,18). The van der Waals surface area contributed by atoms with Crippen molar-refractivity contribution >= 4 is 11.8 Å². The Kier molecular flexibility index (Phi) is 5.01. The Hall–Kier alpha value is -1.78. The van der Waals surface area contributed by atoms with Gasteiger partial charge in [-0.25, -0.2) is 0 Å². The molecule has 0 aromatic carbocycles. The summed E-state index contributed by atoms with van der Waals surface area (Å²) in [5.41, 5.74) is 0. The van der Waals surface area contributed by atoms with Crippen LogP contribution >= 0.6 is 0 Å². The van der Waals surface area contributed by atoms with Gasteiger partial charge in [-0.1, -0.05) is 0 Å². The molecule has 0 radical (unpaired) electrons. The maximum absolute atomic E-state index is 11.9. The lowest BCUT2D eigenvalue weighted by atomic mass is 10.1. The molecule has 1 aromatic rings. The van der Waals surface area contributed by atoms with Crippen LogP contribution < -0.4 is 5.32 Å².